The van der Waals surface area contributed by atoms with Gasteiger partial charge in [-0.25, -0.2) is 9.78 Å². The zero-order valence-electron chi connectivity index (χ0n) is 9.71. The fourth-order valence-electron chi connectivity index (χ4n) is 1.65. The second-order valence-electron chi connectivity index (χ2n) is 3.67. The van der Waals surface area contributed by atoms with Crippen molar-refractivity contribution in [3.05, 3.63) is 35.5 Å². The Bertz CT molecular complexity index is 580. The van der Waals surface area contributed by atoms with E-state index in [0.29, 0.717) is 11.5 Å². The van der Waals surface area contributed by atoms with E-state index in [0.717, 1.165) is 11.1 Å². The van der Waals surface area contributed by atoms with Crippen molar-refractivity contribution in [2.75, 3.05) is 12.8 Å². The van der Waals surface area contributed by atoms with Crippen LogP contribution in [0.2, 0.25) is 0 Å². The third-order valence-electron chi connectivity index (χ3n) is 2.35. The first kappa shape index (κ1) is 12.5. The highest BCUT2D eigenvalue weighted by atomic mass is 32.1. The van der Waals surface area contributed by atoms with E-state index in [-0.39, 0.29) is 10.8 Å². The van der Waals surface area contributed by atoms with Crippen LogP contribution < -0.4 is 5.73 Å². The number of carboxylic acid groups (broad SMARTS) is 1. The van der Waals surface area contributed by atoms with Gasteiger partial charge in [0.1, 0.15) is 0 Å². The number of nitrogen functional groups attached to an aromatic ring is 1. The van der Waals surface area contributed by atoms with Crippen LogP contribution in [0.15, 0.2) is 24.3 Å². The Morgan fingerprint density at radius 1 is 1.56 bits per heavy atom. The molecule has 2 rings (SSSR count). The van der Waals surface area contributed by atoms with Crippen molar-refractivity contribution in [1.29, 1.82) is 0 Å². The lowest BCUT2D eigenvalue weighted by Gasteiger charge is -2.03. The Morgan fingerprint density at radius 3 is 3.00 bits per heavy atom. The maximum Gasteiger partial charge on any atom is 0.356 e. The fourth-order valence-corrected chi connectivity index (χ4v) is 2.47. The van der Waals surface area contributed by atoms with Gasteiger partial charge in [0.05, 0.1) is 11.5 Å². The second kappa shape index (κ2) is 5.16. The largest absolute Gasteiger partial charge is 0.476 e. The van der Waals surface area contributed by atoms with Crippen molar-refractivity contribution in [2.45, 2.75) is 6.61 Å². The van der Waals surface area contributed by atoms with E-state index < -0.39 is 5.97 Å². The normalized spacial score (nSPS) is 10.5. The van der Waals surface area contributed by atoms with E-state index in [1.54, 1.807) is 7.11 Å². The van der Waals surface area contributed by atoms with Gasteiger partial charge in [0.25, 0.3) is 0 Å². The summed E-state index contributed by atoms with van der Waals surface area (Å²) < 4.78 is 5.05. The number of ether oxygens (including phenoxy) is 1. The van der Waals surface area contributed by atoms with Crippen molar-refractivity contribution >= 4 is 22.4 Å². The first-order valence-electron chi connectivity index (χ1n) is 5.19. The average molecular weight is 264 g/mol. The molecule has 0 saturated carbocycles. The number of thiazole rings is 1. The van der Waals surface area contributed by atoms with Crippen LogP contribution in [0.3, 0.4) is 0 Å². The molecule has 0 saturated heterocycles. The van der Waals surface area contributed by atoms with Crippen LogP contribution in [-0.4, -0.2) is 23.2 Å². The molecule has 0 fully saturated rings. The van der Waals surface area contributed by atoms with E-state index >= 15 is 0 Å². The highest BCUT2D eigenvalue weighted by Gasteiger charge is 2.17. The highest BCUT2D eigenvalue weighted by Crippen LogP contribution is 2.32. The number of hydrogen-bond donors (Lipinski definition) is 2. The van der Waals surface area contributed by atoms with Gasteiger partial charge in [-0.05, 0) is 17.2 Å². The molecule has 0 amide bonds. The second-order valence-corrected chi connectivity index (χ2v) is 4.70. The molecule has 0 atom stereocenters. The summed E-state index contributed by atoms with van der Waals surface area (Å²) in [4.78, 5) is 15.5. The van der Waals surface area contributed by atoms with E-state index in [9.17, 15) is 4.79 Å². The number of rotatable bonds is 4. The van der Waals surface area contributed by atoms with Gasteiger partial charge in [-0.1, -0.05) is 29.5 Å². The minimum absolute atomic E-state index is 0.00735. The van der Waals surface area contributed by atoms with Crippen LogP contribution in [0.1, 0.15) is 16.1 Å². The zero-order chi connectivity index (χ0) is 13.1. The average Bonchev–Trinajstić information content (AvgIpc) is 2.72. The molecule has 6 heteroatoms. The van der Waals surface area contributed by atoms with Gasteiger partial charge in [0, 0.05) is 7.11 Å². The van der Waals surface area contributed by atoms with Gasteiger partial charge in [-0.15, -0.1) is 0 Å². The lowest BCUT2D eigenvalue weighted by molar-refractivity contribution is 0.0692. The van der Waals surface area contributed by atoms with E-state index in [4.69, 9.17) is 15.6 Å². The Balaban J connectivity index is 2.47. The number of aromatic carboxylic acids is 1. The first-order chi connectivity index (χ1) is 8.61. The summed E-state index contributed by atoms with van der Waals surface area (Å²) in [6, 6.07) is 7.48. The predicted octanol–water partition coefficient (Wildman–Crippen LogP) is 2.24. The number of nitrogens with zero attached hydrogens (tertiary/aromatic N) is 1. The number of benzene rings is 1. The minimum Gasteiger partial charge on any atom is -0.476 e. The molecule has 5 nitrogen and oxygen atoms in total. The van der Waals surface area contributed by atoms with E-state index in [2.05, 4.69) is 4.98 Å². The molecule has 2 aromatic rings. The highest BCUT2D eigenvalue weighted by molar-refractivity contribution is 7.19. The zero-order valence-corrected chi connectivity index (χ0v) is 10.5. The molecule has 1 aromatic carbocycles. The molecule has 1 heterocycles. The molecule has 0 bridgehead atoms. The Labute approximate surface area is 108 Å². The van der Waals surface area contributed by atoms with Crippen LogP contribution >= 0.6 is 11.3 Å². The molecule has 1 aromatic heterocycles. The molecule has 0 unspecified atom stereocenters. The first-order valence-corrected chi connectivity index (χ1v) is 6.01. The van der Waals surface area contributed by atoms with Gasteiger partial charge < -0.3 is 15.6 Å². The van der Waals surface area contributed by atoms with Gasteiger partial charge >= 0.3 is 5.97 Å². The van der Waals surface area contributed by atoms with Crippen LogP contribution in [0.4, 0.5) is 5.13 Å². The van der Waals surface area contributed by atoms with Crippen molar-refractivity contribution in [3.63, 3.8) is 0 Å². The van der Waals surface area contributed by atoms with Gasteiger partial charge in [0.15, 0.2) is 10.8 Å². The Morgan fingerprint density at radius 2 is 2.33 bits per heavy atom. The van der Waals surface area contributed by atoms with Crippen molar-refractivity contribution in [3.8, 4) is 10.4 Å². The smallest absolute Gasteiger partial charge is 0.356 e. The van der Waals surface area contributed by atoms with Gasteiger partial charge in [-0.3, -0.25) is 0 Å². The summed E-state index contributed by atoms with van der Waals surface area (Å²) >= 11 is 1.17. The summed E-state index contributed by atoms with van der Waals surface area (Å²) in [6.07, 6.45) is 0. The molecule has 0 radical (unpaired) electrons. The summed E-state index contributed by atoms with van der Waals surface area (Å²) in [5, 5.41) is 9.33. The quantitative estimate of drug-likeness (QED) is 0.884. The summed E-state index contributed by atoms with van der Waals surface area (Å²) in [6.45, 7) is 0.477. The molecule has 94 valence electrons. The van der Waals surface area contributed by atoms with Gasteiger partial charge in [0.2, 0.25) is 0 Å². The molecule has 18 heavy (non-hydrogen) atoms. The number of carboxylic acids is 1. The number of hydrogen-bond acceptors (Lipinski definition) is 5. The van der Waals surface area contributed by atoms with E-state index in [1.807, 2.05) is 24.3 Å². The summed E-state index contributed by atoms with van der Waals surface area (Å²) in [5.74, 6) is -1.07. The van der Waals surface area contributed by atoms with Crippen LogP contribution in [0.5, 0.6) is 0 Å². The number of aromatic nitrogens is 1. The van der Waals surface area contributed by atoms with E-state index in [1.165, 1.54) is 11.3 Å². The monoisotopic (exact) mass is 264 g/mol. The number of carbonyl (C=O) groups is 1. The van der Waals surface area contributed by atoms with Crippen LogP contribution in [0.25, 0.3) is 10.4 Å². The van der Waals surface area contributed by atoms with Crippen molar-refractivity contribution < 1.29 is 14.6 Å². The molecular weight excluding hydrogens is 252 g/mol. The predicted molar refractivity (Wildman–Crippen MR) is 69.6 cm³/mol. The lowest BCUT2D eigenvalue weighted by Crippen LogP contribution is -1.99. The Hall–Kier alpha value is -1.92. The fraction of sp³-hybridized carbons (Fsp3) is 0.167. The molecule has 0 aliphatic rings. The molecule has 3 N–H and O–H groups in total. The molecule has 0 aliphatic carbocycles. The maximum absolute atomic E-state index is 11.1. The summed E-state index contributed by atoms with van der Waals surface area (Å²) in [5.41, 5.74) is 7.32. The number of anilines is 1. The summed E-state index contributed by atoms with van der Waals surface area (Å²) in [7, 11) is 1.61. The van der Waals surface area contributed by atoms with Gasteiger partial charge in [-0.2, -0.15) is 0 Å². The third-order valence-corrected chi connectivity index (χ3v) is 3.28. The third kappa shape index (κ3) is 2.49. The van der Waals surface area contributed by atoms with Crippen molar-refractivity contribution in [1.82, 2.24) is 4.98 Å². The molecule has 0 spiro atoms. The lowest BCUT2D eigenvalue weighted by atomic mass is 10.1. The number of methoxy groups -OCH3 is 1. The topological polar surface area (TPSA) is 85.4 Å². The van der Waals surface area contributed by atoms with Crippen LogP contribution in [0, 0.1) is 0 Å². The Kier molecular flexibility index (Phi) is 3.59. The standard InChI is InChI=1S/C12H12N2O3S/c1-17-6-7-3-2-4-8(5-7)10-9(11(15)16)14-12(13)18-10/h2-5H,6H2,1H3,(H2,13,14)(H,15,16). The molecule has 0 aliphatic heterocycles. The number of nitrogens with two attached hydrogens (primary N) is 1. The van der Waals surface area contributed by atoms with Crippen molar-refractivity contribution in [2.24, 2.45) is 0 Å². The SMILES string of the molecule is COCc1cccc(-c2sc(N)nc2C(=O)O)c1. The molecular formula is C12H12N2O3S. The van der Waals surface area contributed by atoms with Crippen LogP contribution in [-0.2, 0) is 11.3 Å². The maximum atomic E-state index is 11.1. The minimum atomic E-state index is -1.07.